The van der Waals surface area contributed by atoms with E-state index in [-0.39, 0.29) is 34.8 Å². The Morgan fingerprint density at radius 1 is 1.09 bits per heavy atom. The van der Waals surface area contributed by atoms with Crippen LogP contribution in [-0.2, 0) is 16.1 Å². The van der Waals surface area contributed by atoms with Crippen LogP contribution in [0.2, 0.25) is 10.0 Å². The fourth-order valence-corrected chi connectivity index (χ4v) is 2.79. The molecule has 0 saturated carbocycles. The molecule has 0 aromatic heterocycles. The molecule has 0 radical (unpaired) electrons. The molecule has 32 heavy (non-hydrogen) atoms. The maximum absolute atomic E-state index is 11.4. The number of hydrogen-bond acceptors (Lipinski definition) is 6. The number of rotatable bonds is 8. The Morgan fingerprint density at radius 3 is 2.09 bits per heavy atom. The summed E-state index contributed by atoms with van der Waals surface area (Å²) in [6.07, 6.45) is -1.73. The lowest BCUT2D eigenvalue weighted by molar-refractivity contribution is -0.152. The van der Waals surface area contributed by atoms with Gasteiger partial charge in [0.05, 0.1) is 23.8 Å². The number of amidine groups is 1. The van der Waals surface area contributed by atoms with Crippen LogP contribution in [0.3, 0.4) is 0 Å². The van der Waals surface area contributed by atoms with E-state index < -0.39 is 12.2 Å². The highest BCUT2D eigenvalue weighted by atomic mass is 35.5. The summed E-state index contributed by atoms with van der Waals surface area (Å²) >= 11 is 12.5. The number of halogens is 2. The third-order valence-corrected chi connectivity index (χ3v) is 4.16. The number of methoxy groups -OCH3 is 1. The van der Waals surface area contributed by atoms with Gasteiger partial charge >= 0.3 is 5.97 Å². The van der Waals surface area contributed by atoms with Crippen LogP contribution < -0.4 is 15.2 Å². The SMILES string of the molecule is CC.CC.CCOC(=O)C(O)/N=C(\N)c1cc(Cl)c(OCc2ccc(OC)cc2)c(Cl)c1. The summed E-state index contributed by atoms with van der Waals surface area (Å²) in [5.74, 6) is -0.00118. The largest absolute Gasteiger partial charge is 0.497 e. The van der Waals surface area contributed by atoms with Gasteiger partial charge in [-0.15, -0.1) is 0 Å². The molecule has 1 atom stereocenters. The summed E-state index contributed by atoms with van der Waals surface area (Å²) in [6, 6.07) is 10.3. The predicted molar refractivity (Wildman–Crippen MR) is 130 cm³/mol. The maximum atomic E-state index is 11.4. The summed E-state index contributed by atoms with van der Waals surface area (Å²) in [5.41, 5.74) is 7.05. The summed E-state index contributed by atoms with van der Waals surface area (Å²) in [6.45, 7) is 9.97. The second kappa shape index (κ2) is 16.2. The molecule has 2 aromatic carbocycles. The molecular formula is C23H32Cl2N2O5. The van der Waals surface area contributed by atoms with E-state index >= 15 is 0 Å². The van der Waals surface area contributed by atoms with Crippen LogP contribution in [0.5, 0.6) is 11.5 Å². The van der Waals surface area contributed by atoms with Crippen LogP contribution in [-0.4, -0.2) is 36.9 Å². The molecule has 0 heterocycles. The number of nitrogens with two attached hydrogens (primary N) is 1. The van der Waals surface area contributed by atoms with Gasteiger partial charge in [-0.1, -0.05) is 63.0 Å². The molecule has 2 aromatic rings. The topological polar surface area (TPSA) is 103 Å². The Hall–Kier alpha value is -2.48. The fourth-order valence-electron chi connectivity index (χ4n) is 2.20. The van der Waals surface area contributed by atoms with E-state index in [1.165, 1.54) is 12.1 Å². The van der Waals surface area contributed by atoms with Gasteiger partial charge in [0.2, 0.25) is 6.23 Å². The molecule has 2 rings (SSSR count). The highest BCUT2D eigenvalue weighted by Gasteiger charge is 2.17. The highest BCUT2D eigenvalue weighted by molar-refractivity contribution is 6.37. The van der Waals surface area contributed by atoms with Crippen LogP contribution in [0, 0.1) is 0 Å². The van der Waals surface area contributed by atoms with Gasteiger partial charge < -0.3 is 25.1 Å². The van der Waals surface area contributed by atoms with Crippen LogP contribution in [0.25, 0.3) is 0 Å². The first-order valence-electron chi connectivity index (χ1n) is 10.3. The van der Waals surface area contributed by atoms with Gasteiger partial charge in [0.15, 0.2) is 5.75 Å². The molecule has 3 N–H and O–H groups in total. The van der Waals surface area contributed by atoms with Gasteiger partial charge in [-0.2, -0.15) is 0 Å². The number of benzene rings is 2. The molecule has 0 aliphatic rings. The minimum absolute atomic E-state index is 0.114. The number of aliphatic hydroxyl groups is 1. The lowest BCUT2D eigenvalue weighted by Crippen LogP contribution is -2.25. The third-order valence-electron chi connectivity index (χ3n) is 3.60. The normalized spacial score (nSPS) is 11.2. The Labute approximate surface area is 200 Å². The number of esters is 1. The van der Waals surface area contributed by atoms with E-state index in [2.05, 4.69) is 9.73 Å². The second-order valence-corrected chi connectivity index (χ2v) is 6.36. The molecule has 0 fully saturated rings. The lowest BCUT2D eigenvalue weighted by Gasteiger charge is -2.13. The minimum atomic E-state index is -1.73. The van der Waals surface area contributed by atoms with E-state index in [0.29, 0.717) is 5.56 Å². The molecule has 0 saturated heterocycles. The first-order chi connectivity index (χ1) is 15.3. The van der Waals surface area contributed by atoms with E-state index in [4.69, 9.17) is 38.4 Å². The first kappa shape index (κ1) is 29.5. The average Bonchev–Trinajstić information content (AvgIpc) is 2.81. The van der Waals surface area contributed by atoms with Crippen molar-refractivity contribution in [1.82, 2.24) is 0 Å². The van der Waals surface area contributed by atoms with Gasteiger partial charge in [0.25, 0.3) is 0 Å². The molecule has 0 spiro atoms. The summed E-state index contributed by atoms with van der Waals surface area (Å²) in [7, 11) is 1.59. The molecule has 178 valence electrons. The summed E-state index contributed by atoms with van der Waals surface area (Å²) < 4.78 is 15.5. The van der Waals surface area contributed by atoms with Crippen molar-refractivity contribution in [2.24, 2.45) is 10.7 Å². The van der Waals surface area contributed by atoms with Gasteiger partial charge in [0.1, 0.15) is 18.2 Å². The minimum Gasteiger partial charge on any atom is -0.497 e. The van der Waals surface area contributed by atoms with Gasteiger partial charge in [-0.3, -0.25) is 0 Å². The van der Waals surface area contributed by atoms with Crippen LogP contribution in [0.4, 0.5) is 0 Å². The lowest BCUT2D eigenvalue weighted by atomic mass is 10.2. The molecule has 0 amide bonds. The fraction of sp³-hybridized carbons (Fsp3) is 0.391. The monoisotopic (exact) mass is 486 g/mol. The number of carbonyl (C=O) groups is 1. The second-order valence-electron chi connectivity index (χ2n) is 5.55. The van der Waals surface area contributed by atoms with Gasteiger partial charge in [-0.25, -0.2) is 9.79 Å². The summed E-state index contributed by atoms with van der Waals surface area (Å²) in [5, 5.41) is 10.1. The van der Waals surface area contributed by atoms with Crippen LogP contribution in [0.15, 0.2) is 41.4 Å². The Kier molecular flexibility index (Phi) is 14.9. The highest BCUT2D eigenvalue weighted by Crippen LogP contribution is 2.35. The molecule has 0 aliphatic heterocycles. The van der Waals surface area contributed by atoms with E-state index in [9.17, 15) is 9.90 Å². The molecule has 0 bridgehead atoms. The van der Waals surface area contributed by atoms with Crippen molar-refractivity contribution in [3.05, 3.63) is 57.6 Å². The predicted octanol–water partition coefficient (Wildman–Crippen LogP) is 5.22. The standard InChI is InChI=1S/C19H20Cl2N2O5.2C2H6/c1-3-27-19(25)18(24)23-17(22)12-8-14(20)16(15(21)9-12)28-10-11-4-6-13(26-2)7-5-11;2*1-2/h4-9,18,24H,3,10H2,1-2H3,(H2,22,23);2*1-2H3. The summed E-state index contributed by atoms with van der Waals surface area (Å²) in [4.78, 5) is 15.1. The Morgan fingerprint density at radius 2 is 1.62 bits per heavy atom. The first-order valence-corrected chi connectivity index (χ1v) is 11.0. The van der Waals surface area contributed by atoms with Crippen LogP contribution >= 0.6 is 23.2 Å². The maximum Gasteiger partial charge on any atom is 0.358 e. The quantitative estimate of drug-likeness (QED) is 0.301. The zero-order valence-corrected chi connectivity index (χ0v) is 20.8. The van der Waals surface area contributed by atoms with Crippen molar-refractivity contribution in [3.8, 4) is 11.5 Å². The van der Waals surface area contributed by atoms with Crippen LogP contribution in [0.1, 0.15) is 45.7 Å². The zero-order chi connectivity index (χ0) is 24.7. The third kappa shape index (κ3) is 9.34. The van der Waals surface area contributed by atoms with Gasteiger partial charge in [-0.05, 0) is 36.8 Å². The van der Waals surface area contributed by atoms with Crippen molar-refractivity contribution in [2.75, 3.05) is 13.7 Å². The van der Waals surface area contributed by atoms with E-state index in [0.717, 1.165) is 11.3 Å². The molecular weight excluding hydrogens is 455 g/mol. The van der Waals surface area contributed by atoms with Crippen molar-refractivity contribution >= 4 is 35.0 Å². The molecule has 0 aliphatic carbocycles. The van der Waals surface area contributed by atoms with Crippen molar-refractivity contribution in [3.63, 3.8) is 0 Å². The molecule has 1 unspecified atom stereocenters. The number of carbonyl (C=O) groups excluding carboxylic acids is 1. The zero-order valence-electron chi connectivity index (χ0n) is 19.3. The Bertz CT molecular complexity index is 835. The Balaban J connectivity index is 0.00000227. The number of nitrogens with zero attached hydrogens (tertiary/aromatic N) is 1. The van der Waals surface area contributed by atoms with Gasteiger partial charge in [0, 0.05) is 5.56 Å². The van der Waals surface area contributed by atoms with E-state index in [1.807, 2.05) is 52.0 Å². The number of aliphatic imine (C=N–C) groups is 1. The smallest absolute Gasteiger partial charge is 0.358 e. The molecule has 9 heteroatoms. The van der Waals surface area contributed by atoms with Crippen molar-refractivity contribution < 1.29 is 24.1 Å². The molecule has 7 nitrogen and oxygen atoms in total. The average molecular weight is 487 g/mol. The van der Waals surface area contributed by atoms with Crippen molar-refractivity contribution in [2.45, 2.75) is 47.5 Å². The number of hydrogen-bond donors (Lipinski definition) is 2. The van der Waals surface area contributed by atoms with E-state index in [1.54, 1.807) is 14.0 Å². The number of aliphatic hydroxyl groups excluding tert-OH is 1. The number of ether oxygens (including phenoxy) is 3. The van der Waals surface area contributed by atoms with Crippen molar-refractivity contribution in [1.29, 1.82) is 0 Å².